The van der Waals surface area contributed by atoms with Gasteiger partial charge in [-0.25, -0.2) is 25.8 Å². The molecule has 0 saturated carbocycles. The SMILES string of the molecule is CNS(=O)(=O)c1cccc2c(O)c(N(S(=O)O)C(C)(C)C)cc(N=Nc3ccc(S(=O)(=O)Cl)cc3)c12. The molecule has 11 nitrogen and oxygen atoms in total. The summed E-state index contributed by atoms with van der Waals surface area (Å²) < 4.78 is 73.9. The van der Waals surface area contributed by atoms with Crippen LogP contribution in [-0.4, -0.2) is 43.3 Å². The Bertz CT molecular complexity index is 1580. The van der Waals surface area contributed by atoms with Crippen molar-refractivity contribution in [3.05, 3.63) is 48.5 Å². The standard InChI is InChI=1S/C21H23ClN4O7S3/c1-21(2,3)26(34(28)29)17-12-16(25-24-13-8-10-14(11-9-13)35(22,30)31)19-15(20(17)27)6-5-7-18(19)36(32,33)23-4/h5-12,23,27H,1-4H3,(H,28,29). The smallest absolute Gasteiger partial charge is 0.262 e. The average Bonchev–Trinajstić information content (AvgIpc) is 2.78. The Hall–Kier alpha value is -2.62. The van der Waals surface area contributed by atoms with Crippen molar-refractivity contribution >= 4 is 68.9 Å². The van der Waals surface area contributed by atoms with E-state index >= 15 is 0 Å². The fraction of sp³-hybridized carbons (Fsp3) is 0.238. The number of rotatable bonds is 7. The summed E-state index contributed by atoms with van der Waals surface area (Å²) >= 11 is -2.56. The summed E-state index contributed by atoms with van der Waals surface area (Å²) in [5.74, 6) is -0.425. The maximum Gasteiger partial charge on any atom is 0.262 e. The van der Waals surface area contributed by atoms with Gasteiger partial charge in [0.2, 0.25) is 10.0 Å². The van der Waals surface area contributed by atoms with E-state index in [1.54, 1.807) is 20.8 Å². The summed E-state index contributed by atoms with van der Waals surface area (Å²) in [7, 11) is -1.40. The molecule has 0 heterocycles. The van der Waals surface area contributed by atoms with Crippen LogP contribution >= 0.6 is 10.7 Å². The first-order valence-electron chi connectivity index (χ1n) is 10.2. The normalized spacial score (nSPS) is 13.8. The topological polar surface area (TPSA) is 166 Å². The number of nitrogens with one attached hydrogen (secondary N) is 1. The summed E-state index contributed by atoms with van der Waals surface area (Å²) in [4.78, 5) is -0.344. The number of halogens is 1. The van der Waals surface area contributed by atoms with Crippen molar-refractivity contribution < 1.29 is 30.7 Å². The molecule has 1 atom stereocenters. The van der Waals surface area contributed by atoms with Gasteiger partial charge in [0.25, 0.3) is 20.3 Å². The largest absolute Gasteiger partial charge is 0.505 e. The molecular formula is C21H23ClN4O7S3. The summed E-state index contributed by atoms with van der Waals surface area (Å²) in [6.07, 6.45) is 0. The number of anilines is 1. The second-order valence-corrected chi connectivity index (χ2v) is 13.7. The highest BCUT2D eigenvalue weighted by atomic mass is 35.7. The Morgan fingerprint density at radius 3 is 2.14 bits per heavy atom. The van der Waals surface area contributed by atoms with Crippen LogP contribution in [0.15, 0.2) is 68.6 Å². The van der Waals surface area contributed by atoms with Crippen molar-refractivity contribution in [3.8, 4) is 5.75 Å². The minimum absolute atomic E-state index is 0.0226. The third-order valence-corrected chi connectivity index (χ3v) is 8.87. The van der Waals surface area contributed by atoms with E-state index in [0.29, 0.717) is 0 Å². The van der Waals surface area contributed by atoms with E-state index in [0.717, 1.165) is 4.31 Å². The Kier molecular flexibility index (Phi) is 7.79. The molecule has 3 aromatic carbocycles. The molecule has 15 heteroatoms. The molecule has 0 aliphatic carbocycles. The van der Waals surface area contributed by atoms with Crippen molar-refractivity contribution in [2.75, 3.05) is 11.4 Å². The molecular weight excluding hydrogens is 552 g/mol. The lowest BCUT2D eigenvalue weighted by molar-refractivity contribution is 0.470. The van der Waals surface area contributed by atoms with Crippen LogP contribution in [0.4, 0.5) is 17.1 Å². The van der Waals surface area contributed by atoms with E-state index in [1.165, 1.54) is 55.6 Å². The number of phenols is 1. The molecule has 3 N–H and O–H groups in total. The maximum atomic E-state index is 12.7. The van der Waals surface area contributed by atoms with Gasteiger partial charge < -0.3 is 5.11 Å². The monoisotopic (exact) mass is 574 g/mol. The molecule has 194 valence electrons. The Morgan fingerprint density at radius 1 is 1.03 bits per heavy atom. The molecule has 0 aliphatic rings. The number of sulfonamides is 1. The fourth-order valence-corrected chi connectivity index (χ4v) is 5.94. The number of benzene rings is 3. The summed E-state index contributed by atoms with van der Waals surface area (Å²) in [6, 6.07) is 10.6. The lowest BCUT2D eigenvalue weighted by Gasteiger charge is -2.34. The van der Waals surface area contributed by atoms with Gasteiger partial charge in [-0.2, -0.15) is 5.11 Å². The van der Waals surface area contributed by atoms with Gasteiger partial charge in [-0.1, -0.05) is 12.1 Å². The van der Waals surface area contributed by atoms with Gasteiger partial charge in [0.05, 0.1) is 26.9 Å². The number of aromatic hydroxyl groups is 1. The van der Waals surface area contributed by atoms with E-state index in [4.69, 9.17) is 10.7 Å². The predicted molar refractivity (Wildman–Crippen MR) is 139 cm³/mol. The Labute approximate surface area is 215 Å². The first kappa shape index (κ1) is 28.0. The van der Waals surface area contributed by atoms with E-state index in [9.17, 15) is 30.7 Å². The highest BCUT2D eigenvalue weighted by Gasteiger charge is 2.31. The molecule has 0 aromatic heterocycles. The van der Waals surface area contributed by atoms with Crippen LogP contribution in [0.2, 0.25) is 0 Å². The van der Waals surface area contributed by atoms with E-state index in [1.807, 2.05) is 0 Å². The summed E-state index contributed by atoms with van der Waals surface area (Å²) in [6.45, 7) is 4.96. The number of nitrogens with zero attached hydrogens (tertiary/aromatic N) is 3. The number of fused-ring (bicyclic) bond motifs is 1. The van der Waals surface area contributed by atoms with Gasteiger partial charge in [-0.3, -0.25) is 8.86 Å². The molecule has 0 spiro atoms. The second kappa shape index (κ2) is 10.0. The fourth-order valence-electron chi connectivity index (χ4n) is 3.43. The number of hydrogen-bond donors (Lipinski definition) is 3. The van der Waals surface area contributed by atoms with Crippen LogP contribution in [0.3, 0.4) is 0 Å². The zero-order valence-electron chi connectivity index (χ0n) is 19.5. The van der Waals surface area contributed by atoms with Gasteiger partial charge >= 0.3 is 0 Å². The summed E-state index contributed by atoms with van der Waals surface area (Å²) in [5, 5.41) is 19.4. The van der Waals surface area contributed by atoms with E-state index < -0.39 is 41.6 Å². The lowest BCUT2D eigenvalue weighted by Crippen LogP contribution is -2.42. The molecule has 3 rings (SSSR count). The molecule has 0 amide bonds. The minimum Gasteiger partial charge on any atom is -0.505 e. The van der Waals surface area contributed by atoms with Crippen molar-refractivity contribution in [2.45, 2.75) is 36.1 Å². The molecule has 0 fully saturated rings. The molecule has 0 bridgehead atoms. The van der Waals surface area contributed by atoms with E-state index in [2.05, 4.69) is 15.0 Å². The highest BCUT2D eigenvalue weighted by molar-refractivity contribution is 8.13. The van der Waals surface area contributed by atoms with Crippen molar-refractivity contribution in [3.63, 3.8) is 0 Å². The first-order chi connectivity index (χ1) is 16.6. The molecule has 36 heavy (non-hydrogen) atoms. The molecule has 1 unspecified atom stereocenters. The van der Waals surface area contributed by atoms with Gasteiger partial charge in [0.1, 0.15) is 5.75 Å². The lowest BCUT2D eigenvalue weighted by atomic mass is 10.0. The first-order valence-corrected chi connectivity index (χ1v) is 15.0. The Morgan fingerprint density at radius 2 is 1.64 bits per heavy atom. The average molecular weight is 575 g/mol. The quantitative estimate of drug-likeness (QED) is 0.211. The highest BCUT2D eigenvalue weighted by Crippen LogP contribution is 2.46. The van der Waals surface area contributed by atoms with Crippen LogP contribution in [-0.2, 0) is 30.3 Å². The maximum absolute atomic E-state index is 12.7. The van der Waals surface area contributed by atoms with Crippen molar-refractivity contribution in [1.29, 1.82) is 0 Å². The third kappa shape index (κ3) is 5.68. The number of azo groups is 1. The van der Waals surface area contributed by atoms with Crippen molar-refractivity contribution in [2.24, 2.45) is 10.2 Å². The second-order valence-electron chi connectivity index (χ2n) is 8.48. The molecule has 3 aromatic rings. The molecule has 0 radical (unpaired) electrons. The zero-order chi connectivity index (χ0) is 27.1. The van der Waals surface area contributed by atoms with Gasteiger partial charge in [0.15, 0.2) is 0 Å². The Balaban J connectivity index is 2.35. The molecule has 0 aliphatic heterocycles. The predicted octanol–water partition coefficient (Wildman–Crippen LogP) is 4.54. The summed E-state index contributed by atoms with van der Waals surface area (Å²) in [5.41, 5.74) is -0.820. The molecule has 0 saturated heterocycles. The van der Waals surface area contributed by atoms with E-state index in [-0.39, 0.29) is 37.6 Å². The van der Waals surface area contributed by atoms with Gasteiger partial charge in [0, 0.05) is 27.0 Å². The number of hydrogen-bond acceptors (Lipinski definition) is 8. The third-order valence-electron chi connectivity index (χ3n) is 4.99. The van der Waals surface area contributed by atoms with Crippen molar-refractivity contribution in [1.82, 2.24) is 4.72 Å². The van der Waals surface area contributed by atoms with Crippen LogP contribution in [0.5, 0.6) is 5.75 Å². The van der Waals surface area contributed by atoms with Gasteiger partial charge in [-0.05, 0) is 64.2 Å². The van der Waals surface area contributed by atoms with Gasteiger partial charge in [-0.15, -0.1) is 5.11 Å². The van der Waals surface area contributed by atoms with Crippen LogP contribution in [0.1, 0.15) is 20.8 Å². The minimum atomic E-state index is -4.01. The zero-order valence-corrected chi connectivity index (χ0v) is 22.7. The van der Waals surface area contributed by atoms with Crippen LogP contribution in [0.25, 0.3) is 10.8 Å². The van der Waals surface area contributed by atoms with Crippen LogP contribution < -0.4 is 9.03 Å². The van der Waals surface area contributed by atoms with Crippen LogP contribution in [0, 0.1) is 0 Å². The number of phenolic OH excluding ortho intramolecular Hbond substituents is 1.